The number of aromatic nitrogens is 2. The molecule has 1 aromatic rings. The van der Waals surface area contributed by atoms with E-state index in [-0.39, 0.29) is 5.91 Å². The molecule has 1 N–H and O–H groups in total. The van der Waals surface area contributed by atoms with Gasteiger partial charge in [0.15, 0.2) is 0 Å². The van der Waals surface area contributed by atoms with Gasteiger partial charge in [0.25, 0.3) is 5.91 Å². The van der Waals surface area contributed by atoms with Crippen molar-refractivity contribution in [3.63, 3.8) is 0 Å². The number of hydrogen-bond donors (Lipinski definition) is 1. The molecule has 1 amide bonds. The fourth-order valence-electron chi connectivity index (χ4n) is 2.99. The Balaban J connectivity index is 1.80. The summed E-state index contributed by atoms with van der Waals surface area (Å²) in [4.78, 5) is 25.4. The van der Waals surface area contributed by atoms with Gasteiger partial charge in [-0.25, -0.2) is 0 Å². The van der Waals surface area contributed by atoms with E-state index in [1.54, 1.807) is 15.8 Å². The smallest absolute Gasteiger partial charge is 0.308 e. The van der Waals surface area contributed by atoms with Gasteiger partial charge in [0.2, 0.25) is 0 Å². The van der Waals surface area contributed by atoms with E-state index in [9.17, 15) is 9.59 Å². The molecular weight excluding hydrogens is 258 g/mol. The number of amides is 1. The van der Waals surface area contributed by atoms with Gasteiger partial charge in [0.05, 0.1) is 23.4 Å². The summed E-state index contributed by atoms with van der Waals surface area (Å²) in [7, 11) is 1.86. The number of aliphatic carboxylic acids is 1. The molecule has 2 heterocycles. The summed E-state index contributed by atoms with van der Waals surface area (Å²) >= 11 is 0. The van der Waals surface area contributed by atoms with Gasteiger partial charge in [0.1, 0.15) is 0 Å². The second kappa shape index (κ2) is 4.92. The van der Waals surface area contributed by atoms with Gasteiger partial charge in [-0.3, -0.25) is 14.3 Å². The van der Waals surface area contributed by atoms with Crippen molar-refractivity contribution >= 4 is 11.9 Å². The van der Waals surface area contributed by atoms with Crippen molar-refractivity contribution in [1.29, 1.82) is 0 Å². The molecule has 1 saturated carbocycles. The minimum absolute atomic E-state index is 0.0639. The Morgan fingerprint density at radius 2 is 2.10 bits per heavy atom. The zero-order valence-electron chi connectivity index (χ0n) is 11.6. The second-order valence-corrected chi connectivity index (χ2v) is 5.77. The van der Waals surface area contributed by atoms with Gasteiger partial charge in [-0.1, -0.05) is 0 Å². The van der Waals surface area contributed by atoms with E-state index >= 15 is 0 Å². The van der Waals surface area contributed by atoms with Gasteiger partial charge < -0.3 is 10.0 Å². The van der Waals surface area contributed by atoms with Crippen molar-refractivity contribution in [1.82, 2.24) is 14.7 Å². The molecule has 3 rings (SSSR count). The van der Waals surface area contributed by atoms with E-state index < -0.39 is 11.9 Å². The summed E-state index contributed by atoms with van der Waals surface area (Å²) in [6, 6.07) is 0. The molecular formula is C14H19N3O3. The molecule has 1 aliphatic carbocycles. The summed E-state index contributed by atoms with van der Waals surface area (Å²) in [6.07, 6.45) is 5.25. The Hall–Kier alpha value is -1.85. The highest BCUT2D eigenvalue weighted by atomic mass is 16.4. The maximum Gasteiger partial charge on any atom is 0.308 e. The van der Waals surface area contributed by atoms with Crippen molar-refractivity contribution < 1.29 is 14.7 Å². The van der Waals surface area contributed by atoms with Gasteiger partial charge in [-0.2, -0.15) is 5.10 Å². The predicted octanol–water partition coefficient (Wildman–Crippen LogP) is 1.23. The van der Waals surface area contributed by atoms with Crippen LogP contribution in [0.1, 0.15) is 47.7 Å². The number of carbonyl (C=O) groups is 2. The van der Waals surface area contributed by atoms with Crippen LogP contribution in [0.2, 0.25) is 0 Å². The van der Waals surface area contributed by atoms with E-state index in [0.29, 0.717) is 31.0 Å². The Kier molecular flexibility index (Phi) is 3.23. The van der Waals surface area contributed by atoms with Crippen LogP contribution in [0.4, 0.5) is 0 Å². The molecule has 0 radical (unpaired) electrons. The highest BCUT2D eigenvalue weighted by Gasteiger charge is 2.35. The molecule has 20 heavy (non-hydrogen) atoms. The minimum Gasteiger partial charge on any atom is -0.481 e. The van der Waals surface area contributed by atoms with Gasteiger partial charge >= 0.3 is 5.97 Å². The van der Waals surface area contributed by atoms with E-state index in [2.05, 4.69) is 5.10 Å². The number of nitrogens with zero attached hydrogens (tertiary/aromatic N) is 3. The SMILES string of the molecule is Cn1ncc(C(=O)N2CCCC(C(=O)O)C2)c1C1CC1. The molecule has 0 bridgehead atoms. The largest absolute Gasteiger partial charge is 0.481 e. The van der Waals surface area contributed by atoms with Crippen molar-refractivity contribution in [2.24, 2.45) is 13.0 Å². The van der Waals surface area contributed by atoms with Crippen molar-refractivity contribution in [3.05, 3.63) is 17.5 Å². The van der Waals surface area contributed by atoms with Crippen LogP contribution >= 0.6 is 0 Å². The molecule has 0 spiro atoms. The Morgan fingerprint density at radius 3 is 2.75 bits per heavy atom. The lowest BCUT2D eigenvalue weighted by molar-refractivity contribution is -0.143. The quantitative estimate of drug-likeness (QED) is 0.901. The van der Waals surface area contributed by atoms with Crippen LogP contribution in [0, 0.1) is 5.92 Å². The summed E-state index contributed by atoms with van der Waals surface area (Å²) in [5, 5.41) is 13.3. The number of likely N-dealkylation sites (tertiary alicyclic amines) is 1. The number of aryl methyl sites for hydroxylation is 1. The topological polar surface area (TPSA) is 75.4 Å². The summed E-state index contributed by atoms with van der Waals surface area (Å²) in [5.74, 6) is -0.864. The van der Waals surface area contributed by atoms with Crippen LogP contribution < -0.4 is 0 Å². The molecule has 2 aliphatic rings. The molecule has 1 atom stereocenters. The lowest BCUT2D eigenvalue weighted by Crippen LogP contribution is -2.42. The predicted molar refractivity (Wildman–Crippen MR) is 71.4 cm³/mol. The molecule has 1 saturated heterocycles. The lowest BCUT2D eigenvalue weighted by atomic mass is 9.97. The van der Waals surface area contributed by atoms with E-state index in [0.717, 1.165) is 25.0 Å². The zero-order valence-corrected chi connectivity index (χ0v) is 11.6. The van der Waals surface area contributed by atoms with Crippen LogP contribution in [-0.2, 0) is 11.8 Å². The summed E-state index contributed by atoms with van der Waals surface area (Å²) in [6.45, 7) is 0.953. The maximum absolute atomic E-state index is 12.6. The Bertz CT molecular complexity index is 548. The minimum atomic E-state index is -0.809. The number of rotatable bonds is 3. The van der Waals surface area contributed by atoms with Crippen LogP contribution in [0.15, 0.2) is 6.20 Å². The zero-order chi connectivity index (χ0) is 14.3. The molecule has 6 heteroatoms. The van der Waals surface area contributed by atoms with Crippen LogP contribution in [0.3, 0.4) is 0 Å². The second-order valence-electron chi connectivity index (χ2n) is 5.77. The molecule has 6 nitrogen and oxygen atoms in total. The van der Waals surface area contributed by atoms with Crippen molar-refractivity contribution in [3.8, 4) is 0 Å². The number of carbonyl (C=O) groups excluding carboxylic acids is 1. The summed E-state index contributed by atoms with van der Waals surface area (Å²) in [5.41, 5.74) is 1.66. The van der Waals surface area contributed by atoms with Crippen molar-refractivity contribution in [2.45, 2.75) is 31.6 Å². The average Bonchev–Trinajstić information content (AvgIpc) is 3.21. The normalized spacial score (nSPS) is 22.9. The third-order valence-electron chi connectivity index (χ3n) is 4.24. The average molecular weight is 277 g/mol. The molecule has 1 unspecified atom stereocenters. The Morgan fingerprint density at radius 1 is 1.35 bits per heavy atom. The fraction of sp³-hybridized carbons (Fsp3) is 0.643. The van der Waals surface area contributed by atoms with Crippen molar-refractivity contribution in [2.75, 3.05) is 13.1 Å². The third kappa shape index (κ3) is 2.30. The van der Waals surface area contributed by atoms with Crippen LogP contribution in [-0.4, -0.2) is 44.8 Å². The molecule has 108 valence electrons. The molecule has 0 aromatic carbocycles. The first-order valence-electron chi connectivity index (χ1n) is 7.12. The van der Waals surface area contributed by atoms with Gasteiger partial charge in [-0.05, 0) is 25.7 Å². The van der Waals surface area contributed by atoms with Gasteiger partial charge in [0, 0.05) is 26.1 Å². The van der Waals surface area contributed by atoms with E-state index in [1.165, 1.54) is 0 Å². The highest BCUT2D eigenvalue weighted by molar-refractivity contribution is 5.95. The number of hydrogen-bond acceptors (Lipinski definition) is 3. The number of carboxylic acids is 1. The van der Waals surface area contributed by atoms with Crippen LogP contribution in [0.5, 0.6) is 0 Å². The first kappa shape index (κ1) is 13.1. The van der Waals surface area contributed by atoms with Gasteiger partial charge in [-0.15, -0.1) is 0 Å². The van der Waals surface area contributed by atoms with Crippen LogP contribution in [0.25, 0.3) is 0 Å². The number of piperidine rings is 1. The highest BCUT2D eigenvalue weighted by Crippen LogP contribution is 2.41. The lowest BCUT2D eigenvalue weighted by Gasteiger charge is -2.30. The maximum atomic E-state index is 12.6. The first-order valence-corrected chi connectivity index (χ1v) is 7.12. The monoisotopic (exact) mass is 277 g/mol. The molecule has 2 fully saturated rings. The Labute approximate surface area is 117 Å². The third-order valence-corrected chi connectivity index (χ3v) is 4.24. The van der Waals surface area contributed by atoms with E-state index in [4.69, 9.17) is 5.11 Å². The molecule has 1 aromatic heterocycles. The summed E-state index contributed by atoms with van der Waals surface area (Å²) < 4.78 is 1.78. The van der Waals surface area contributed by atoms with E-state index in [1.807, 2.05) is 7.05 Å². The number of carboxylic acid groups (broad SMARTS) is 1. The first-order chi connectivity index (χ1) is 9.58. The fourth-order valence-corrected chi connectivity index (χ4v) is 2.99. The standard InChI is InChI=1S/C14H19N3O3/c1-16-12(9-4-5-9)11(7-15-16)13(18)17-6-2-3-10(8-17)14(19)20/h7,9-10H,2-6,8H2,1H3,(H,19,20). The molecule has 1 aliphatic heterocycles.